The fourth-order valence-electron chi connectivity index (χ4n) is 1.96. The third-order valence-electron chi connectivity index (χ3n) is 2.61. The molecule has 0 amide bonds. The molecule has 72 valence electrons. The number of hydrogen-bond acceptors (Lipinski definition) is 1. The summed E-state index contributed by atoms with van der Waals surface area (Å²) in [5, 5.41) is 3.83. The first-order valence-electron chi connectivity index (χ1n) is 4.64. The van der Waals surface area contributed by atoms with Crippen molar-refractivity contribution in [2.75, 3.05) is 0 Å². The predicted octanol–water partition coefficient (Wildman–Crippen LogP) is 4.14. The minimum atomic E-state index is 0.0289. The van der Waals surface area contributed by atoms with Crippen LogP contribution in [-0.4, -0.2) is 0 Å². The van der Waals surface area contributed by atoms with Gasteiger partial charge in [0.1, 0.15) is 0 Å². The van der Waals surface area contributed by atoms with Crippen LogP contribution in [-0.2, 0) is 6.42 Å². The first kappa shape index (κ1) is 9.56. The summed E-state index contributed by atoms with van der Waals surface area (Å²) in [6, 6.07) is 6.12. The lowest BCUT2D eigenvalue weighted by molar-refractivity contribution is 0.566. The molecule has 1 aliphatic carbocycles. The molecule has 0 radical (unpaired) electrons. The second kappa shape index (κ2) is 4.03. The normalized spacial score (nSPS) is 19.6. The summed E-state index contributed by atoms with van der Waals surface area (Å²) in [5.41, 5.74) is 10.9. The molecule has 1 aromatic rings. The molecule has 1 aliphatic rings. The summed E-state index contributed by atoms with van der Waals surface area (Å²) in [7, 11) is 0. The maximum Gasteiger partial charge on any atom is 0.0628 e. The van der Waals surface area contributed by atoms with Gasteiger partial charge in [-0.25, -0.2) is 0 Å². The Hall–Kier alpha value is -0.990. The molecule has 1 aromatic carbocycles. The van der Waals surface area contributed by atoms with Gasteiger partial charge in [0.25, 0.3) is 0 Å². The average Bonchev–Trinajstić information content (AvgIpc) is 2.20. The van der Waals surface area contributed by atoms with Gasteiger partial charge in [0.15, 0.2) is 0 Å². The van der Waals surface area contributed by atoms with Gasteiger partial charge in [-0.15, -0.1) is 0 Å². The number of benzene rings is 1. The second-order valence-electron chi connectivity index (χ2n) is 3.42. The van der Waals surface area contributed by atoms with E-state index < -0.39 is 0 Å². The zero-order valence-corrected chi connectivity index (χ0v) is 9.24. The Morgan fingerprint density at radius 1 is 1.50 bits per heavy atom. The zero-order chi connectivity index (χ0) is 9.97. The molecule has 4 heteroatoms. The van der Waals surface area contributed by atoms with Gasteiger partial charge in [-0.05, 0) is 42.0 Å². The highest BCUT2D eigenvalue weighted by molar-refractivity contribution is 9.10. The van der Waals surface area contributed by atoms with E-state index in [-0.39, 0.29) is 6.04 Å². The average molecular weight is 252 g/mol. The van der Waals surface area contributed by atoms with Crippen molar-refractivity contribution in [1.82, 2.24) is 0 Å². The second-order valence-corrected chi connectivity index (χ2v) is 4.27. The number of azide groups is 1. The van der Waals surface area contributed by atoms with Crippen LogP contribution in [0.5, 0.6) is 0 Å². The maximum absolute atomic E-state index is 8.46. The molecule has 0 N–H and O–H groups in total. The van der Waals surface area contributed by atoms with E-state index >= 15 is 0 Å². The summed E-state index contributed by atoms with van der Waals surface area (Å²) in [4.78, 5) is 2.90. The highest BCUT2D eigenvalue weighted by Gasteiger charge is 2.20. The number of halogens is 1. The van der Waals surface area contributed by atoms with E-state index in [1.165, 1.54) is 11.1 Å². The maximum atomic E-state index is 8.46. The topological polar surface area (TPSA) is 48.8 Å². The molecular weight excluding hydrogens is 242 g/mol. The van der Waals surface area contributed by atoms with Gasteiger partial charge in [0, 0.05) is 9.38 Å². The van der Waals surface area contributed by atoms with Gasteiger partial charge >= 0.3 is 0 Å². The van der Waals surface area contributed by atoms with Crippen LogP contribution in [0.25, 0.3) is 10.4 Å². The van der Waals surface area contributed by atoms with Crippen molar-refractivity contribution >= 4 is 15.9 Å². The lowest BCUT2D eigenvalue weighted by Crippen LogP contribution is -2.07. The first-order chi connectivity index (χ1) is 6.83. The van der Waals surface area contributed by atoms with Gasteiger partial charge in [-0.1, -0.05) is 33.2 Å². The van der Waals surface area contributed by atoms with Gasteiger partial charge < -0.3 is 0 Å². The monoisotopic (exact) mass is 251 g/mol. The third-order valence-corrected chi connectivity index (χ3v) is 3.35. The molecule has 0 aromatic heterocycles. The Bertz CT molecular complexity index is 396. The van der Waals surface area contributed by atoms with Crippen LogP contribution in [0, 0.1) is 0 Å². The summed E-state index contributed by atoms with van der Waals surface area (Å²) >= 11 is 3.53. The third kappa shape index (κ3) is 1.63. The summed E-state index contributed by atoms with van der Waals surface area (Å²) in [6.07, 6.45) is 3.14. The first-order valence-corrected chi connectivity index (χ1v) is 5.43. The summed E-state index contributed by atoms with van der Waals surface area (Å²) in [5.74, 6) is 0. The number of hydrogen-bond donors (Lipinski definition) is 0. The molecule has 0 spiro atoms. The molecule has 0 aliphatic heterocycles. The predicted molar refractivity (Wildman–Crippen MR) is 59.0 cm³/mol. The van der Waals surface area contributed by atoms with E-state index in [4.69, 9.17) is 5.53 Å². The molecular formula is C10H10BrN3. The lowest BCUT2D eigenvalue weighted by atomic mass is 9.88. The molecule has 0 saturated carbocycles. The minimum absolute atomic E-state index is 0.0289. The molecule has 0 heterocycles. The van der Waals surface area contributed by atoms with Crippen LogP contribution in [0.3, 0.4) is 0 Å². The van der Waals surface area contributed by atoms with Crippen molar-refractivity contribution in [3.8, 4) is 0 Å². The van der Waals surface area contributed by atoms with Crippen LogP contribution in [0.15, 0.2) is 27.8 Å². The van der Waals surface area contributed by atoms with E-state index in [0.717, 1.165) is 23.7 Å². The molecule has 1 atom stereocenters. The smallest absolute Gasteiger partial charge is 0.0628 e. The van der Waals surface area contributed by atoms with Crippen molar-refractivity contribution in [3.63, 3.8) is 0 Å². The van der Waals surface area contributed by atoms with E-state index in [9.17, 15) is 0 Å². The lowest BCUT2D eigenvalue weighted by Gasteiger charge is -2.22. The van der Waals surface area contributed by atoms with Crippen molar-refractivity contribution in [2.45, 2.75) is 25.3 Å². The van der Waals surface area contributed by atoms with Crippen molar-refractivity contribution in [3.05, 3.63) is 44.2 Å². The molecule has 14 heavy (non-hydrogen) atoms. The van der Waals surface area contributed by atoms with Crippen LogP contribution in [0.2, 0.25) is 0 Å². The molecule has 3 nitrogen and oxygen atoms in total. The van der Waals surface area contributed by atoms with E-state index in [1.54, 1.807) is 0 Å². The summed E-state index contributed by atoms with van der Waals surface area (Å²) < 4.78 is 1.13. The van der Waals surface area contributed by atoms with Crippen molar-refractivity contribution < 1.29 is 0 Å². The number of fused-ring (bicyclic) bond motifs is 1. The van der Waals surface area contributed by atoms with E-state index in [2.05, 4.69) is 32.0 Å². The largest absolute Gasteiger partial charge is 0.0859 e. The highest BCUT2D eigenvalue weighted by Crippen LogP contribution is 2.36. The minimum Gasteiger partial charge on any atom is -0.0859 e. The molecule has 0 fully saturated rings. The van der Waals surface area contributed by atoms with Crippen molar-refractivity contribution in [2.24, 2.45) is 5.11 Å². The van der Waals surface area contributed by atoms with Crippen LogP contribution in [0.1, 0.15) is 30.0 Å². The Morgan fingerprint density at radius 2 is 2.36 bits per heavy atom. The van der Waals surface area contributed by atoms with Gasteiger partial charge in [0.05, 0.1) is 6.04 Å². The quantitative estimate of drug-likeness (QED) is 0.409. The van der Waals surface area contributed by atoms with Crippen LogP contribution < -0.4 is 0 Å². The Morgan fingerprint density at radius 3 is 3.14 bits per heavy atom. The Kier molecular flexibility index (Phi) is 2.75. The number of nitrogens with zero attached hydrogens (tertiary/aromatic N) is 3. The van der Waals surface area contributed by atoms with E-state index in [1.807, 2.05) is 12.1 Å². The van der Waals surface area contributed by atoms with E-state index in [0.29, 0.717) is 0 Å². The Balaban J connectivity index is 2.49. The van der Waals surface area contributed by atoms with Gasteiger partial charge in [-0.3, -0.25) is 0 Å². The van der Waals surface area contributed by atoms with Gasteiger partial charge in [-0.2, -0.15) is 0 Å². The fraction of sp³-hybridized carbons (Fsp3) is 0.400. The fourth-order valence-corrected chi connectivity index (χ4v) is 2.54. The van der Waals surface area contributed by atoms with Crippen molar-refractivity contribution in [1.29, 1.82) is 0 Å². The molecule has 2 rings (SSSR count). The zero-order valence-electron chi connectivity index (χ0n) is 7.65. The van der Waals surface area contributed by atoms with Crippen LogP contribution >= 0.6 is 15.9 Å². The summed E-state index contributed by atoms with van der Waals surface area (Å²) in [6.45, 7) is 0. The number of rotatable bonds is 1. The molecule has 0 unspecified atom stereocenters. The molecule has 0 saturated heterocycles. The SMILES string of the molecule is [N-]=[N+]=N[C@H]1CCCc2c(Br)cccc21. The Labute approximate surface area is 90.9 Å². The van der Waals surface area contributed by atoms with Gasteiger partial charge in [0.2, 0.25) is 0 Å². The highest BCUT2D eigenvalue weighted by atomic mass is 79.9. The molecule has 0 bridgehead atoms. The standard InChI is InChI=1S/C10H10BrN3/c11-9-5-1-4-8-7(9)3-2-6-10(8)13-14-12/h1,4-5,10H,2-3,6H2/t10-/m0/s1. The van der Waals surface area contributed by atoms with Crippen LogP contribution in [0.4, 0.5) is 0 Å².